The molecule has 0 aromatic heterocycles. The first-order valence-corrected chi connectivity index (χ1v) is 12.5. The number of rotatable bonds is 7. The molecule has 192 valence electrons. The average molecular weight is 495 g/mol. The summed E-state index contributed by atoms with van der Waals surface area (Å²) in [6.07, 6.45) is 2.72. The average Bonchev–Trinajstić information content (AvgIpc) is 3.17. The van der Waals surface area contributed by atoms with Gasteiger partial charge < -0.3 is 19.9 Å². The molecule has 0 saturated carbocycles. The molecule has 1 aromatic carbocycles. The molecule has 1 aromatic rings. The van der Waals surface area contributed by atoms with Gasteiger partial charge in [-0.25, -0.2) is 4.79 Å². The van der Waals surface area contributed by atoms with Crippen LogP contribution in [-0.4, -0.2) is 77.8 Å². The van der Waals surface area contributed by atoms with E-state index in [4.69, 9.17) is 4.74 Å². The van der Waals surface area contributed by atoms with Crippen LogP contribution in [0.2, 0.25) is 0 Å². The Morgan fingerprint density at radius 1 is 1.19 bits per heavy atom. The van der Waals surface area contributed by atoms with Crippen molar-refractivity contribution in [2.75, 3.05) is 39.3 Å². The smallest absolute Gasteiger partial charge is 0.322 e. The highest BCUT2D eigenvalue weighted by atomic mass is 16.5. The van der Waals surface area contributed by atoms with Crippen molar-refractivity contribution < 1.29 is 23.9 Å². The molecule has 0 spiro atoms. The Morgan fingerprint density at radius 3 is 2.56 bits per heavy atom. The van der Waals surface area contributed by atoms with Crippen molar-refractivity contribution in [1.29, 1.82) is 0 Å². The molecule has 0 radical (unpaired) electrons. The second-order valence-corrected chi connectivity index (χ2v) is 9.57. The lowest BCUT2D eigenvalue weighted by Crippen LogP contribution is -2.47. The van der Waals surface area contributed by atoms with E-state index < -0.39 is 6.04 Å². The zero-order valence-corrected chi connectivity index (χ0v) is 21.2. The van der Waals surface area contributed by atoms with Crippen LogP contribution >= 0.6 is 0 Å². The lowest BCUT2D eigenvalue weighted by molar-refractivity contribution is -0.151. The fraction of sp³-hybridized carbons (Fsp3) is 0.481. The van der Waals surface area contributed by atoms with E-state index in [1.165, 1.54) is 9.80 Å². The highest BCUT2D eigenvalue weighted by molar-refractivity contribution is 6.03. The van der Waals surface area contributed by atoms with Crippen LogP contribution in [0.3, 0.4) is 0 Å². The number of amides is 4. The van der Waals surface area contributed by atoms with Crippen LogP contribution in [0.1, 0.15) is 42.5 Å². The largest absolute Gasteiger partial charge is 0.466 e. The van der Waals surface area contributed by atoms with Gasteiger partial charge in [0.15, 0.2) is 0 Å². The second kappa shape index (κ2) is 10.6. The summed E-state index contributed by atoms with van der Waals surface area (Å²) in [6.45, 7) is 11.1. The predicted molar refractivity (Wildman–Crippen MR) is 134 cm³/mol. The summed E-state index contributed by atoms with van der Waals surface area (Å²) in [4.78, 5) is 56.5. The molecule has 3 heterocycles. The number of hydrogen-bond acceptors (Lipinski definition) is 5. The maximum Gasteiger partial charge on any atom is 0.322 e. The standard InChI is InChI=1S/C27H34N4O5/c1-5-11-31-21-15-30(16-22(32)29-12-9-19(10-13-29)26(34)36-6-2)25(33)23(21)24(28-27(31)35)20-8-7-17(3)14-18(20)4/h5,7-8,14,19,24H,1,6,9-13,15-16H2,2-4H3,(H,28,35)/t24-/m0/s1. The molecule has 0 aliphatic carbocycles. The van der Waals surface area contributed by atoms with E-state index in [0.29, 0.717) is 43.8 Å². The van der Waals surface area contributed by atoms with E-state index in [-0.39, 0.29) is 49.4 Å². The van der Waals surface area contributed by atoms with Gasteiger partial charge in [-0.15, -0.1) is 6.58 Å². The normalized spacial score (nSPS) is 20.4. The molecular weight excluding hydrogens is 460 g/mol. The summed E-state index contributed by atoms with van der Waals surface area (Å²) < 4.78 is 5.11. The van der Waals surface area contributed by atoms with Gasteiger partial charge >= 0.3 is 12.0 Å². The summed E-state index contributed by atoms with van der Waals surface area (Å²) in [5, 5.41) is 2.99. The number of nitrogens with zero attached hydrogens (tertiary/aromatic N) is 3. The summed E-state index contributed by atoms with van der Waals surface area (Å²) in [5.74, 6) is -0.825. The Balaban J connectivity index is 1.51. The van der Waals surface area contributed by atoms with Crippen LogP contribution in [0.25, 0.3) is 0 Å². The third-order valence-electron chi connectivity index (χ3n) is 7.14. The number of hydrogen-bond donors (Lipinski definition) is 1. The number of nitrogens with one attached hydrogen (secondary N) is 1. The van der Waals surface area contributed by atoms with Gasteiger partial charge in [-0.1, -0.05) is 29.8 Å². The Labute approximate surface area is 211 Å². The number of esters is 1. The minimum absolute atomic E-state index is 0.0778. The number of benzene rings is 1. The van der Waals surface area contributed by atoms with Gasteiger partial charge in [0.1, 0.15) is 6.54 Å². The number of ether oxygens (including phenoxy) is 1. The molecule has 0 bridgehead atoms. The van der Waals surface area contributed by atoms with Gasteiger partial charge in [0.25, 0.3) is 5.91 Å². The molecule has 3 aliphatic heterocycles. The van der Waals surface area contributed by atoms with Crippen molar-refractivity contribution in [1.82, 2.24) is 20.0 Å². The minimum atomic E-state index is -0.581. The third kappa shape index (κ3) is 4.87. The number of urea groups is 1. The number of likely N-dealkylation sites (tertiary alicyclic amines) is 1. The first-order chi connectivity index (χ1) is 17.2. The number of aryl methyl sites for hydroxylation is 2. The molecule has 4 amide bonds. The van der Waals surface area contributed by atoms with E-state index >= 15 is 0 Å². The van der Waals surface area contributed by atoms with Crippen LogP contribution in [-0.2, 0) is 19.1 Å². The molecule has 1 N–H and O–H groups in total. The van der Waals surface area contributed by atoms with Crippen molar-refractivity contribution in [2.45, 2.75) is 39.7 Å². The number of piperidine rings is 1. The van der Waals surface area contributed by atoms with Gasteiger partial charge in [-0.05, 0) is 44.7 Å². The van der Waals surface area contributed by atoms with E-state index in [0.717, 1.165) is 16.7 Å². The Bertz CT molecular complexity index is 1120. The molecule has 9 nitrogen and oxygen atoms in total. The fourth-order valence-electron chi connectivity index (χ4n) is 5.27. The minimum Gasteiger partial charge on any atom is -0.466 e. The first kappa shape index (κ1) is 25.5. The molecular formula is C27H34N4O5. The quantitative estimate of drug-likeness (QED) is 0.464. The Morgan fingerprint density at radius 2 is 1.92 bits per heavy atom. The van der Waals surface area contributed by atoms with Crippen molar-refractivity contribution in [3.05, 3.63) is 58.8 Å². The zero-order valence-electron chi connectivity index (χ0n) is 21.2. The molecule has 1 atom stereocenters. The summed E-state index contributed by atoms with van der Waals surface area (Å²) >= 11 is 0. The topological polar surface area (TPSA) is 99.3 Å². The van der Waals surface area contributed by atoms with Gasteiger partial charge in [-0.2, -0.15) is 0 Å². The first-order valence-electron chi connectivity index (χ1n) is 12.5. The van der Waals surface area contributed by atoms with Gasteiger partial charge in [0, 0.05) is 19.6 Å². The molecule has 1 fully saturated rings. The van der Waals surface area contributed by atoms with Gasteiger partial charge in [0.05, 0.1) is 36.4 Å². The van der Waals surface area contributed by atoms with E-state index in [2.05, 4.69) is 11.9 Å². The molecule has 36 heavy (non-hydrogen) atoms. The predicted octanol–water partition coefficient (Wildman–Crippen LogP) is 2.45. The van der Waals surface area contributed by atoms with Crippen LogP contribution in [0.15, 0.2) is 42.1 Å². The van der Waals surface area contributed by atoms with Crippen molar-refractivity contribution in [3.8, 4) is 0 Å². The van der Waals surface area contributed by atoms with Crippen molar-refractivity contribution >= 4 is 23.8 Å². The zero-order chi connectivity index (χ0) is 26.0. The summed E-state index contributed by atoms with van der Waals surface area (Å²) in [6, 6.07) is 5.06. The van der Waals surface area contributed by atoms with E-state index in [1.54, 1.807) is 17.9 Å². The molecule has 1 saturated heterocycles. The highest BCUT2D eigenvalue weighted by Crippen LogP contribution is 2.37. The second-order valence-electron chi connectivity index (χ2n) is 9.57. The van der Waals surface area contributed by atoms with Crippen molar-refractivity contribution in [2.24, 2.45) is 5.92 Å². The van der Waals surface area contributed by atoms with Crippen LogP contribution < -0.4 is 5.32 Å². The third-order valence-corrected chi connectivity index (χ3v) is 7.14. The SMILES string of the molecule is C=CCN1C(=O)N[C@@H](c2ccc(C)cc2C)C2=C1CN(CC(=O)N1CCC(C(=O)OCC)CC1)C2=O. The van der Waals surface area contributed by atoms with E-state index in [9.17, 15) is 19.2 Å². The number of carbonyl (C=O) groups is 4. The van der Waals surface area contributed by atoms with Crippen molar-refractivity contribution in [3.63, 3.8) is 0 Å². The Hall–Kier alpha value is -3.62. The molecule has 3 aliphatic rings. The highest BCUT2D eigenvalue weighted by Gasteiger charge is 2.45. The monoisotopic (exact) mass is 494 g/mol. The maximum absolute atomic E-state index is 13.6. The number of carbonyl (C=O) groups excluding carboxylic acids is 4. The fourth-order valence-corrected chi connectivity index (χ4v) is 5.27. The molecule has 0 unspecified atom stereocenters. The maximum atomic E-state index is 13.6. The lowest BCUT2D eigenvalue weighted by Gasteiger charge is -2.33. The molecule has 4 rings (SSSR count). The van der Waals surface area contributed by atoms with Gasteiger partial charge in [-0.3, -0.25) is 19.3 Å². The van der Waals surface area contributed by atoms with E-state index in [1.807, 2.05) is 32.0 Å². The lowest BCUT2D eigenvalue weighted by atomic mass is 9.91. The van der Waals surface area contributed by atoms with Crippen LogP contribution in [0.5, 0.6) is 0 Å². The van der Waals surface area contributed by atoms with Crippen LogP contribution in [0.4, 0.5) is 4.79 Å². The summed E-state index contributed by atoms with van der Waals surface area (Å²) in [7, 11) is 0. The summed E-state index contributed by atoms with van der Waals surface area (Å²) in [5.41, 5.74) is 4.05. The Kier molecular flexibility index (Phi) is 7.47. The van der Waals surface area contributed by atoms with Crippen LogP contribution in [0, 0.1) is 19.8 Å². The van der Waals surface area contributed by atoms with Gasteiger partial charge in [0.2, 0.25) is 5.91 Å². The molecule has 9 heteroatoms.